The molecule has 3 N–H and O–H groups in total. The van der Waals surface area contributed by atoms with Gasteiger partial charge in [-0.3, -0.25) is 0 Å². The van der Waals surface area contributed by atoms with E-state index in [-0.39, 0.29) is 40.7 Å². The van der Waals surface area contributed by atoms with E-state index in [1.54, 1.807) is 24.3 Å². The number of sulfone groups is 1. The Morgan fingerprint density at radius 2 is 1.97 bits per heavy atom. The monoisotopic (exact) mass is 502 g/mol. The SMILES string of the molecule is C[C@H](Nc1ncnc(N)c1C#N)c1cc2ncc(Cl)n2nc1-c1ccccc1S(C)(=O)=O.S. The van der Waals surface area contributed by atoms with Crippen molar-refractivity contribution in [3.8, 4) is 17.3 Å². The molecule has 0 radical (unpaired) electrons. The summed E-state index contributed by atoms with van der Waals surface area (Å²) in [7, 11) is -3.55. The molecule has 4 aromatic rings. The molecule has 1 aromatic carbocycles. The summed E-state index contributed by atoms with van der Waals surface area (Å²) in [6.07, 6.45) is 3.84. The number of imidazole rings is 1. The molecule has 0 saturated heterocycles. The summed E-state index contributed by atoms with van der Waals surface area (Å²) in [5.41, 5.74) is 7.79. The zero-order valence-electron chi connectivity index (χ0n) is 17.5. The van der Waals surface area contributed by atoms with Gasteiger partial charge in [-0.05, 0) is 19.1 Å². The Morgan fingerprint density at radius 3 is 2.67 bits per heavy atom. The summed E-state index contributed by atoms with van der Waals surface area (Å²) < 4.78 is 26.3. The fourth-order valence-electron chi connectivity index (χ4n) is 3.33. The highest BCUT2D eigenvalue weighted by Gasteiger charge is 2.23. The number of nitrogens with two attached hydrogens (primary N) is 1. The van der Waals surface area contributed by atoms with E-state index >= 15 is 0 Å². The molecule has 3 aromatic heterocycles. The van der Waals surface area contributed by atoms with Crippen LogP contribution in [0.2, 0.25) is 5.15 Å². The molecule has 3 heterocycles. The molecule has 0 spiro atoms. The topological polar surface area (TPSA) is 152 Å². The van der Waals surface area contributed by atoms with Gasteiger partial charge in [0.1, 0.15) is 29.6 Å². The van der Waals surface area contributed by atoms with Crippen molar-refractivity contribution in [3.63, 3.8) is 0 Å². The molecule has 0 bridgehead atoms. The number of hydrogen-bond acceptors (Lipinski definition) is 9. The number of hydrogen-bond donors (Lipinski definition) is 2. The van der Waals surface area contributed by atoms with E-state index in [0.29, 0.717) is 22.5 Å². The Hall–Kier alpha value is -3.40. The normalized spacial score (nSPS) is 12.1. The number of nitrogens with one attached hydrogen (secondary N) is 1. The van der Waals surface area contributed by atoms with Crippen molar-refractivity contribution in [3.05, 3.63) is 59.1 Å². The molecule has 13 heteroatoms. The number of benzene rings is 1. The average Bonchev–Trinajstić information content (AvgIpc) is 3.12. The van der Waals surface area contributed by atoms with Crippen LogP contribution in [0.4, 0.5) is 11.6 Å². The maximum absolute atomic E-state index is 12.4. The van der Waals surface area contributed by atoms with E-state index in [1.165, 1.54) is 23.1 Å². The Morgan fingerprint density at radius 1 is 1.24 bits per heavy atom. The first-order chi connectivity index (χ1) is 15.2. The van der Waals surface area contributed by atoms with Crippen LogP contribution in [0.5, 0.6) is 0 Å². The predicted molar refractivity (Wildman–Crippen MR) is 130 cm³/mol. The number of fused-ring (bicyclic) bond motifs is 1. The third-order valence-electron chi connectivity index (χ3n) is 4.83. The minimum absolute atomic E-state index is 0. The van der Waals surface area contributed by atoms with Crippen molar-refractivity contribution in [1.82, 2.24) is 24.6 Å². The predicted octanol–water partition coefficient (Wildman–Crippen LogP) is 2.98. The average molecular weight is 503 g/mol. The number of aromatic nitrogens is 5. The molecule has 0 saturated carbocycles. The zero-order chi connectivity index (χ0) is 23.0. The minimum Gasteiger partial charge on any atom is -0.382 e. The lowest BCUT2D eigenvalue weighted by atomic mass is 10.0. The fourth-order valence-corrected chi connectivity index (χ4v) is 4.39. The highest BCUT2D eigenvalue weighted by molar-refractivity contribution is 7.90. The summed E-state index contributed by atoms with van der Waals surface area (Å²) in [6, 6.07) is 9.84. The molecule has 0 aliphatic rings. The standard InChI is InChI=1S/C20H17ClN8O2S.H2S/c1-11(27-20-14(8-22)19(23)25-10-26-20)13-7-17-24-9-16(21)29(17)28-18(13)12-5-3-4-6-15(12)32(2,30)31;/h3-7,9-11H,1-2H3,(H3,23,25,26,27);1H2/t11-;/m0./s1. The second-order valence-corrected chi connectivity index (χ2v) is 9.40. The first kappa shape index (κ1) is 24.2. The van der Waals surface area contributed by atoms with Gasteiger partial charge in [0, 0.05) is 17.4 Å². The third-order valence-corrected chi connectivity index (χ3v) is 6.24. The molecule has 170 valence electrons. The molecule has 0 aliphatic carbocycles. The van der Waals surface area contributed by atoms with E-state index in [2.05, 4.69) is 25.4 Å². The van der Waals surface area contributed by atoms with Crippen LogP contribution in [0, 0.1) is 11.3 Å². The minimum atomic E-state index is -3.55. The Bertz CT molecular complexity index is 1500. The molecule has 33 heavy (non-hydrogen) atoms. The van der Waals surface area contributed by atoms with E-state index in [4.69, 9.17) is 17.3 Å². The van der Waals surface area contributed by atoms with E-state index in [9.17, 15) is 13.7 Å². The Labute approximate surface area is 201 Å². The molecule has 0 aliphatic heterocycles. The van der Waals surface area contributed by atoms with Crippen LogP contribution < -0.4 is 11.1 Å². The van der Waals surface area contributed by atoms with E-state index in [0.717, 1.165) is 6.26 Å². The lowest BCUT2D eigenvalue weighted by molar-refractivity contribution is 0.602. The first-order valence-electron chi connectivity index (χ1n) is 9.31. The van der Waals surface area contributed by atoms with Crippen LogP contribution in [-0.2, 0) is 9.84 Å². The van der Waals surface area contributed by atoms with Crippen LogP contribution in [-0.4, -0.2) is 39.2 Å². The van der Waals surface area contributed by atoms with Crippen LogP contribution in [0.25, 0.3) is 16.9 Å². The van der Waals surface area contributed by atoms with Gasteiger partial charge in [-0.15, -0.1) is 0 Å². The van der Waals surface area contributed by atoms with Gasteiger partial charge in [-0.25, -0.2) is 27.9 Å². The second-order valence-electron chi connectivity index (χ2n) is 7.03. The lowest BCUT2D eigenvalue weighted by Crippen LogP contribution is -2.14. The largest absolute Gasteiger partial charge is 0.382 e. The molecule has 10 nitrogen and oxygen atoms in total. The van der Waals surface area contributed by atoms with Crippen molar-refractivity contribution in [2.45, 2.75) is 17.9 Å². The summed E-state index contributed by atoms with van der Waals surface area (Å²) in [4.78, 5) is 12.3. The van der Waals surface area contributed by atoms with Gasteiger partial charge in [0.15, 0.2) is 20.6 Å². The van der Waals surface area contributed by atoms with Crippen molar-refractivity contribution in [2.24, 2.45) is 0 Å². The highest BCUT2D eigenvalue weighted by atomic mass is 35.5. The number of nitriles is 1. The van der Waals surface area contributed by atoms with Gasteiger partial charge in [-0.1, -0.05) is 29.8 Å². The van der Waals surface area contributed by atoms with Crippen molar-refractivity contribution >= 4 is 52.2 Å². The van der Waals surface area contributed by atoms with E-state index in [1.807, 2.05) is 13.0 Å². The van der Waals surface area contributed by atoms with Gasteiger partial charge in [0.2, 0.25) is 0 Å². The van der Waals surface area contributed by atoms with E-state index < -0.39 is 15.9 Å². The molecular weight excluding hydrogens is 484 g/mol. The van der Waals surface area contributed by atoms with Gasteiger partial charge in [0.05, 0.1) is 22.8 Å². The number of nitrogens with zero attached hydrogens (tertiary/aromatic N) is 6. The lowest BCUT2D eigenvalue weighted by Gasteiger charge is -2.20. The summed E-state index contributed by atoms with van der Waals surface area (Å²) in [5, 5.41) is 17.4. The number of rotatable bonds is 5. The smallest absolute Gasteiger partial charge is 0.176 e. The maximum Gasteiger partial charge on any atom is 0.176 e. The maximum atomic E-state index is 12.4. The van der Waals surface area contributed by atoms with Crippen LogP contribution in [0.15, 0.2) is 47.8 Å². The van der Waals surface area contributed by atoms with Crippen molar-refractivity contribution in [1.29, 1.82) is 5.26 Å². The van der Waals surface area contributed by atoms with Crippen LogP contribution in [0.3, 0.4) is 0 Å². The number of nitrogen functional groups attached to an aromatic ring is 1. The van der Waals surface area contributed by atoms with Crippen LogP contribution in [0.1, 0.15) is 24.1 Å². The fraction of sp³-hybridized carbons (Fsp3) is 0.150. The molecule has 4 rings (SSSR count). The first-order valence-corrected chi connectivity index (χ1v) is 11.6. The highest BCUT2D eigenvalue weighted by Crippen LogP contribution is 2.34. The summed E-state index contributed by atoms with van der Waals surface area (Å²) >= 11 is 6.22. The number of halogens is 1. The molecule has 0 unspecified atom stereocenters. The zero-order valence-corrected chi connectivity index (χ0v) is 20.1. The van der Waals surface area contributed by atoms with Gasteiger partial charge in [-0.2, -0.15) is 23.9 Å². The Kier molecular flexibility index (Phi) is 6.78. The van der Waals surface area contributed by atoms with Gasteiger partial charge in [0.25, 0.3) is 0 Å². The molecule has 0 fully saturated rings. The van der Waals surface area contributed by atoms with Crippen molar-refractivity contribution in [2.75, 3.05) is 17.3 Å². The summed E-state index contributed by atoms with van der Waals surface area (Å²) in [6.45, 7) is 1.82. The third kappa shape index (κ3) is 4.56. The summed E-state index contributed by atoms with van der Waals surface area (Å²) in [5.74, 6) is 0.296. The number of anilines is 2. The van der Waals surface area contributed by atoms with Gasteiger partial charge >= 0.3 is 0 Å². The molecule has 0 amide bonds. The quantitative estimate of drug-likeness (QED) is 0.419. The Balaban J connectivity index is 0.00000306. The van der Waals surface area contributed by atoms with Crippen LogP contribution >= 0.6 is 25.1 Å². The van der Waals surface area contributed by atoms with Gasteiger partial charge < -0.3 is 11.1 Å². The molecule has 1 atom stereocenters. The molecular formula is C20H19ClN8O2S2. The van der Waals surface area contributed by atoms with Crippen molar-refractivity contribution < 1.29 is 8.42 Å². The second kappa shape index (κ2) is 9.22.